The Bertz CT molecular complexity index is 1150. The van der Waals surface area contributed by atoms with Gasteiger partial charge in [-0.3, -0.25) is 4.79 Å². The van der Waals surface area contributed by atoms with Crippen molar-refractivity contribution >= 4 is 21.7 Å². The van der Waals surface area contributed by atoms with E-state index in [1.165, 1.54) is 6.07 Å². The first-order valence-corrected chi connectivity index (χ1v) is 12.2. The second-order valence-electron chi connectivity index (χ2n) is 9.08. The molecule has 1 fully saturated rings. The summed E-state index contributed by atoms with van der Waals surface area (Å²) >= 11 is 0. The molecule has 0 bridgehead atoms. The fraction of sp³-hybridized carbons (Fsp3) is 0.435. The smallest absolute Gasteiger partial charge is 0.281 e. The van der Waals surface area contributed by atoms with Crippen LogP contribution < -0.4 is 9.62 Å². The molecule has 170 valence electrons. The lowest BCUT2D eigenvalue weighted by Gasteiger charge is -2.33. The van der Waals surface area contributed by atoms with Gasteiger partial charge in [-0.2, -0.15) is 8.42 Å². The van der Waals surface area contributed by atoms with Gasteiger partial charge in [0.15, 0.2) is 5.03 Å². The van der Waals surface area contributed by atoms with Gasteiger partial charge in [-0.05, 0) is 62.9 Å². The predicted octanol–water partition coefficient (Wildman–Crippen LogP) is 3.24. The Morgan fingerprint density at radius 3 is 2.75 bits per heavy atom. The van der Waals surface area contributed by atoms with Gasteiger partial charge in [0.2, 0.25) is 0 Å². The van der Waals surface area contributed by atoms with E-state index >= 15 is 0 Å². The van der Waals surface area contributed by atoms with Crippen molar-refractivity contribution in [3.05, 3.63) is 60.1 Å². The molecule has 9 heteroatoms. The van der Waals surface area contributed by atoms with Gasteiger partial charge in [-0.15, -0.1) is 0 Å². The molecule has 8 nitrogen and oxygen atoms in total. The monoisotopic (exact) mass is 456 g/mol. The predicted molar refractivity (Wildman–Crippen MR) is 121 cm³/mol. The zero-order valence-electron chi connectivity index (χ0n) is 18.5. The highest BCUT2D eigenvalue weighted by Crippen LogP contribution is 2.37. The molecule has 2 aromatic heterocycles. The van der Waals surface area contributed by atoms with Crippen LogP contribution in [0.5, 0.6) is 0 Å². The quantitative estimate of drug-likeness (QED) is 0.737. The maximum absolute atomic E-state index is 13.1. The number of carbonyl (C=O) groups is 1. The summed E-state index contributed by atoms with van der Waals surface area (Å²) in [5, 5.41) is -0.196. The van der Waals surface area contributed by atoms with Crippen molar-refractivity contribution in [3.8, 4) is 0 Å². The Morgan fingerprint density at radius 2 is 2.06 bits per heavy atom. The van der Waals surface area contributed by atoms with Crippen molar-refractivity contribution in [2.75, 3.05) is 18.1 Å². The molecule has 2 aromatic rings. The van der Waals surface area contributed by atoms with Crippen LogP contribution in [0.3, 0.4) is 0 Å². The number of rotatable bonds is 5. The Balaban J connectivity index is 1.59. The number of ether oxygens (including phenoxy) is 1. The number of pyridine rings is 2. The lowest BCUT2D eigenvalue weighted by atomic mass is 9.97. The molecule has 2 unspecified atom stereocenters. The standard InChI is InChI=1S/C23H28N4O4S/c1-16-13-23(2,3)27(14-16)21-18(8-5-11-24-21)22(28)26-32(29,30)20-10-4-9-19(25-20)17-7-6-12-31-15-17/h4-6,8-12,16-17H,7,13-15H2,1-3H3,(H,26,28). The normalized spacial score (nSPS) is 22.4. The number of allylic oxidation sites excluding steroid dienone is 1. The van der Waals surface area contributed by atoms with Gasteiger partial charge in [0, 0.05) is 29.9 Å². The van der Waals surface area contributed by atoms with Crippen LogP contribution in [0.25, 0.3) is 0 Å². The number of hydrogen-bond donors (Lipinski definition) is 1. The maximum Gasteiger partial charge on any atom is 0.281 e. The van der Waals surface area contributed by atoms with Crippen LogP contribution >= 0.6 is 0 Å². The summed E-state index contributed by atoms with van der Waals surface area (Å²) in [5.74, 6) is 0.175. The van der Waals surface area contributed by atoms with E-state index in [-0.39, 0.29) is 22.0 Å². The summed E-state index contributed by atoms with van der Waals surface area (Å²) in [5.41, 5.74) is 0.647. The first kappa shape index (κ1) is 22.3. The molecule has 1 amide bonds. The minimum Gasteiger partial charge on any atom is -0.501 e. The molecule has 1 N–H and O–H groups in total. The van der Waals surface area contributed by atoms with Gasteiger partial charge in [0.05, 0.1) is 18.4 Å². The van der Waals surface area contributed by atoms with Gasteiger partial charge < -0.3 is 9.64 Å². The van der Waals surface area contributed by atoms with Gasteiger partial charge in [0.25, 0.3) is 15.9 Å². The van der Waals surface area contributed by atoms with E-state index in [0.717, 1.165) is 13.0 Å². The van der Waals surface area contributed by atoms with E-state index < -0.39 is 15.9 Å². The van der Waals surface area contributed by atoms with Gasteiger partial charge >= 0.3 is 0 Å². The highest BCUT2D eigenvalue weighted by atomic mass is 32.2. The summed E-state index contributed by atoms with van der Waals surface area (Å²) in [7, 11) is -4.16. The number of nitrogens with one attached hydrogen (secondary N) is 1. The van der Waals surface area contributed by atoms with E-state index in [4.69, 9.17) is 4.74 Å². The number of amides is 1. The number of nitrogens with zero attached hydrogens (tertiary/aromatic N) is 3. The average molecular weight is 457 g/mol. The number of sulfonamides is 1. The van der Waals surface area contributed by atoms with Crippen LogP contribution in [0, 0.1) is 5.92 Å². The van der Waals surface area contributed by atoms with Crippen LogP contribution in [0.15, 0.2) is 53.9 Å². The molecule has 2 aliphatic heterocycles. The molecule has 2 atom stereocenters. The van der Waals surface area contributed by atoms with Crippen LogP contribution in [-0.4, -0.2) is 43.0 Å². The van der Waals surface area contributed by atoms with E-state index in [1.54, 1.807) is 36.7 Å². The minimum absolute atomic E-state index is 0.0323. The first-order chi connectivity index (χ1) is 15.2. The molecular formula is C23H28N4O4S. The first-order valence-electron chi connectivity index (χ1n) is 10.7. The zero-order chi connectivity index (χ0) is 22.9. The molecule has 4 heterocycles. The second kappa shape index (κ2) is 8.54. The molecule has 2 aliphatic rings. The molecule has 0 saturated carbocycles. The maximum atomic E-state index is 13.1. The molecular weight excluding hydrogens is 428 g/mol. The summed E-state index contributed by atoms with van der Waals surface area (Å²) in [4.78, 5) is 23.9. The van der Waals surface area contributed by atoms with Gasteiger partial charge in [-0.25, -0.2) is 14.7 Å². The highest BCUT2D eigenvalue weighted by Gasteiger charge is 2.39. The third kappa shape index (κ3) is 4.48. The SMILES string of the molecule is CC1CN(c2ncccc2C(=O)NS(=O)(=O)c2cccc(C3CC=COC3)n2)C(C)(C)C1. The topological polar surface area (TPSA) is 101 Å². The fourth-order valence-corrected chi connectivity index (χ4v) is 5.46. The molecule has 1 saturated heterocycles. The second-order valence-corrected chi connectivity index (χ2v) is 10.7. The molecule has 0 spiro atoms. The van der Waals surface area contributed by atoms with Crippen LogP contribution in [0.1, 0.15) is 55.6 Å². The van der Waals surface area contributed by atoms with Crippen molar-refractivity contribution in [1.82, 2.24) is 14.7 Å². The molecule has 4 rings (SSSR count). The van der Waals surface area contributed by atoms with Gasteiger partial charge in [-0.1, -0.05) is 13.0 Å². The molecule has 0 radical (unpaired) electrons. The van der Waals surface area contributed by atoms with Crippen LogP contribution in [0.2, 0.25) is 0 Å². The van der Waals surface area contributed by atoms with E-state index in [2.05, 4.69) is 40.4 Å². The fourth-order valence-electron chi connectivity index (χ4n) is 4.52. The highest BCUT2D eigenvalue weighted by molar-refractivity contribution is 7.90. The van der Waals surface area contributed by atoms with Crippen molar-refractivity contribution in [2.45, 2.75) is 50.1 Å². The lowest BCUT2D eigenvalue weighted by molar-refractivity contribution is 0.0981. The summed E-state index contributed by atoms with van der Waals surface area (Å²) in [6.07, 6.45) is 6.80. The Labute approximate surface area is 188 Å². The Hall–Kier alpha value is -2.94. The summed E-state index contributed by atoms with van der Waals surface area (Å²) < 4.78 is 33.5. The van der Waals surface area contributed by atoms with Crippen LogP contribution in [-0.2, 0) is 14.8 Å². The number of aromatic nitrogens is 2. The average Bonchev–Trinajstić information content (AvgIpc) is 3.06. The van der Waals surface area contributed by atoms with E-state index in [1.807, 2.05) is 6.08 Å². The molecule has 0 aromatic carbocycles. The molecule has 32 heavy (non-hydrogen) atoms. The Morgan fingerprint density at radius 1 is 1.25 bits per heavy atom. The van der Waals surface area contributed by atoms with Crippen molar-refractivity contribution < 1.29 is 17.9 Å². The van der Waals surface area contributed by atoms with Gasteiger partial charge in [0.1, 0.15) is 5.82 Å². The number of carbonyl (C=O) groups excluding carboxylic acids is 1. The third-order valence-electron chi connectivity index (χ3n) is 5.94. The van der Waals surface area contributed by atoms with Crippen molar-refractivity contribution in [2.24, 2.45) is 5.92 Å². The van der Waals surface area contributed by atoms with Crippen molar-refractivity contribution in [3.63, 3.8) is 0 Å². The van der Waals surface area contributed by atoms with Crippen LogP contribution in [0.4, 0.5) is 5.82 Å². The summed E-state index contributed by atoms with van der Waals surface area (Å²) in [6, 6.07) is 8.01. The largest absolute Gasteiger partial charge is 0.501 e. The molecule has 0 aliphatic carbocycles. The number of hydrogen-bond acceptors (Lipinski definition) is 7. The van der Waals surface area contributed by atoms with Crippen molar-refractivity contribution in [1.29, 1.82) is 0 Å². The third-order valence-corrected chi connectivity index (χ3v) is 7.17. The summed E-state index contributed by atoms with van der Waals surface area (Å²) in [6.45, 7) is 7.54. The zero-order valence-corrected chi connectivity index (χ0v) is 19.3. The Kier molecular flexibility index (Phi) is 5.94. The van der Waals surface area contributed by atoms with E-state index in [0.29, 0.717) is 30.5 Å². The van der Waals surface area contributed by atoms with E-state index in [9.17, 15) is 13.2 Å². The minimum atomic E-state index is -4.16. The lowest BCUT2D eigenvalue weighted by Crippen LogP contribution is -2.41. The number of anilines is 1.